The molecule has 0 spiro atoms. The minimum atomic E-state index is -3.65. The zero-order valence-corrected chi connectivity index (χ0v) is 12.7. The van der Waals surface area contributed by atoms with E-state index in [0.717, 1.165) is 0 Å². The highest BCUT2D eigenvalue weighted by Crippen LogP contribution is 2.16. The molecule has 3 N–H and O–H groups in total. The summed E-state index contributed by atoms with van der Waals surface area (Å²) >= 11 is 0. The minimum Gasteiger partial charge on any atom is -0.389 e. The number of nitrogens with one attached hydrogen (secondary N) is 2. The van der Waals surface area contributed by atoms with Crippen molar-refractivity contribution in [2.45, 2.75) is 51.2 Å². The van der Waals surface area contributed by atoms with Crippen LogP contribution in [0.3, 0.4) is 0 Å². The van der Waals surface area contributed by atoms with Crippen molar-refractivity contribution in [1.29, 1.82) is 0 Å². The van der Waals surface area contributed by atoms with Gasteiger partial charge in [0.15, 0.2) is 5.03 Å². The van der Waals surface area contributed by atoms with Gasteiger partial charge in [-0.15, -0.1) is 0 Å². The van der Waals surface area contributed by atoms with Crippen molar-refractivity contribution in [3.05, 3.63) is 12.0 Å². The molecule has 1 heterocycles. The molecule has 0 aliphatic heterocycles. The fourth-order valence-electron chi connectivity index (χ4n) is 1.94. The number of aromatic amines is 1. The van der Waals surface area contributed by atoms with Gasteiger partial charge in [-0.25, -0.2) is 18.1 Å². The van der Waals surface area contributed by atoms with Crippen molar-refractivity contribution in [2.24, 2.45) is 5.92 Å². The second-order valence-electron chi connectivity index (χ2n) is 5.47. The minimum absolute atomic E-state index is 0.0198. The fourth-order valence-corrected chi connectivity index (χ4v) is 3.04. The molecule has 110 valence electrons. The van der Waals surface area contributed by atoms with Crippen molar-refractivity contribution >= 4 is 10.0 Å². The second kappa shape index (κ2) is 6.02. The summed E-state index contributed by atoms with van der Waals surface area (Å²) in [5.41, 5.74) is -1.06. The van der Waals surface area contributed by atoms with E-state index in [1.165, 1.54) is 6.20 Å². The molecule has 0 aliphatic carbocycles. The van der Waals surface area contributed by atoms with Crippen LogP contribution in [-0.4, -0.2) is 35.6 Å². The zero-order valence-electron chi connectivity index (χ0n) is 11.9. The van der Waals surface area contributed by atoms with Gasteiger partial charge in [-0.05, 0) is 19.3 Å². The Balaban J connectivity index is 2.70. The monoisotopic (exact) mass is 289 g/mol. The lowest BCUT2D eigenvalue weighted by Crippen LogP contribution is -2.41. The van der Waals surface area contributed by atoms with Crippen LogP contribution < -0.4 is 4.72 Å². The summed E-state index contributed by atoms with van der Waals surface area (Å²) in [5, 5.41) is 10.1. The lowest BCUT2D eigenvalue weighted by atomic mass is 9.95. The quantitative estimate of drug-likeness (QED) is 0.699. The van der Waals surface area contributed by atoms with Crippen LogP contribution in [0.2, 0.25) is 0 Å². The number of aliphatic hydroxyl groups is 1. The van der Waals surface area contributed by atoms with Gasteiger partial charge in [0, 0.05) is 13.0 Å². The molecule has 1 atom stereocenters. The molecule has 19 heavy (non-hydrogen) atoms. The highest BCUT2D eigenvalue weighted by molar-refractivity contribution is 7.89. The van der Waals surface area contributed by atoms with Gasteiger partial charge in [0.05, 0.1) is 11.8 Å². The Kier molecular flexibility index (Phi) is 5.11. The van der Waals surface area contributed by atoms with Crippen LogP contribution >= 0.6 is 0 Å². The van der Waals surface area contributed by atoms with Gasteiger partial charge in [0.1, 0.15) is 5.82 Å². The number of nitrogens with zero attached hydrogens (tertiary/aromatic N) is 1. The van der Waals surface area contributed by atoms with E-state index >= 15 is 0 Å². The Morgan fingerprint density at radius 3 is 2.63 bits per heavy atom. The molecule has 0 fully saturated rings. The summed E-state index contributed by atoms with van der Waals surface area (Å²) in [4.78, 5) is 6.69. The summed E-state index contributed by atoms with van der Waals surface area (Å²) in [6.07, 6.45) is 2.46. The lowest BCUT2D eigenvalue weighted by Gasteiger charge is -2.25. The van der Waals surface area contributed by atoms with Gasteiger partial charge in [0.25, 0.3) is 10.0 Å². The molecule has 0 bridgehead atoms. The number of imidazole rings is 1. The summed E-state index contributed by atoms with van der Waals surface area (Å²) < 4.78 is 26.4. The molecule has 1 unspecified atom stereocenters. The smallest absolute Gasteiger partial charge is 0.257 e. The maximum Gasteiger partial charge on any atom is 0.257 e. The Labute approximate surface area is 114 Å². The van der Waals surface area contributed by atoms with Crippen LogP contribution in [-0.2, 0) is 16.4 Å². The molecule has 1 aromatic heterocycles. The van der Waals surface area contributed by atoms with Crippen molar-refractivity contribution in [3.63, 3.8) is 0 Å². The maximum absolute atomic E-state index is 12.0. The Morgan fingerprint density at radius 1 is 1.53 bits per heavy atom. The van der Waals surface area contributed by atoms with Crippen LogP contribution in [0.4, 0.5) is 0 Å². The maximum atomic E-state index is 12.0. The highest BCUT2D eigenvalue weighted by Gasteiger charge is 2.26. The van der Waals surface area contributed by atoms with Crippen LogP contribution in [0, 0.1) is 5.92 Å². The van der Waals surface area contributed by atoms with Crippen molar-refractivity contribution in [3.8, 4) is 0 Å². The topological polar surface area (TPSA) is 95.1 Å². The molecule has 1 aromatic rings. The highest BCUT2D eigenvalue weighted by atomic mass is 32.2. The summed E-state index contributed by atoms with van der Waals surface area (Å²) in [7, 11) is -3.65. The van der Waals surface area contributed by atoms with Gasteiger partial charge < -0.3 is 10.1 Å². The van der Waals surface area contributed by atoms with E-state index in [-0.39, 0.29) is 11.6 Å². The first-order chi connectivity index (χ1) is 8.66. The van der Waals surface area contributed by atoms with Crippen molar-refractivity contribution < 1.29 is 13.5 Å². The number of H-pyrrole nitrogens is 1. The molecule has 7 heteroatoms. The molecule has 6 nitrogen and oxygen atoms in total. The first-order valence-electron chi connectivity index (χ1n) is 6.42. The normalized spacial score (nSPS) is 15.7. The standard InChI is InChI=1S/C12H23N3O3S/c1-5-10-13-7-11(15-10)19(17,18)14-8-12(4,16)6-9(2)3/h7,9,14,16H,5-6,8H2,1-4H3,(H,13,15). The van der Waals surface area contributed by atoms with Gasteiger partial charge in [-0.1, -0.05) is 20.8 Å². The third-order valence-electron chi connectivity index (χ3n) is 2.72. The molecule has 0 radical (unpaired) electrons. The number of hydrogen-bond donors (Lipinski definition) is 3. The van der Waals surface area contributed by atoms with Crippen LogP contribution in [0.1, 0.15) is 39.9 Å². The van der Waals surface area contributed by atoms with E-state index in [2.05, 4.69) is 14.7 Å². The Hall–Kier alpha value is -0.920. The Morgan fingerprint density at radius 2 is 2.16 bits per heavy atom. The molecular weight excluding hydrogens is 266 g/mol. The van der Waals surface area contributed by atoms with Gasteiger partial charge >= 0.3 is 0 Å². The third kappa shape index (κ3) is 4.93. The first kappa shape index (κ1) is 16.1. The predicted octanol–water partition coefficient (Wildman–Crippen LogP) is 1.05. The fraction of sp³-hybridized carbons (Fsp3) is 0.750. The molecular formula is C12H23N3O3S. The predicted molar refractivity (Wildman–Crippen MR) is 73.2 cm³/mol. The number of aromatic nitrogens is 2. The number of sulfonamides is 1. The second-order valence-corrected chi connectivity index (χ2v) is 7.20. The molecule has 0 saturated carbocycles. The number of aryl methyl sites for hydroxylation is 1. The average molecular weight is 289 g/mol. The van der Waals surface area contributed by atoms with Crippen LogP contribution in [0.5, 0.6) is 0 Å². The van der Waals surface area contributed by atoms with Crippen LogP contribution in [0.15, 0.2) is 11.2 Å². The third-order valence-corrected chi connectivity index (χ3v) is 4.03. The van der Waals surface area contributed by atoms with E-state index in [9.17, 15) is 13.5 Å². The van der Waals surface area contributed by atoms with E-state index < -0.39 is 15.6 Å². The lowest BCUT2D eigenvalue weighted by molar-refractivity contribution is 0.0436. The van der Waals surface area contributed by atoms with E-state index in [1.807, 2.05) is 20.8 Å². The molecule has 0 aromatic carbocycles. The van der Waals surface area contributed by atoms with Gasteiger partial charge in [-0.3, -0.25) is 0 Å². The van der Waals surface area contributed by atoms with Gasteiger partial charge in [-0.2, -0.15) is 0 Å². The SMILES string of the molecule is CCc1ncc(S(=O)(=O)NCC(C)(O)CC(C)C)[nH]1. The van der Waals surface area contributed by atoms with Crippen LogP contribution in [0.25, 0.3) is 0 Å². The summed E-state index contributed by atoms with van der Waals surface area (Å²) in [6.45, 7) is 7.45. The van der Waals surface area contributed by atoms with E-state index in [4.69, 9.17) is 0 Å². The van der Waals surface area contributed by atoms with Crippen molar-refractivity contribution in [2.75, 3.05) is 6.54 Å². The number of rotatable bonds is 7. The first-order valence-corrected chi connectivity index (χ1v) is 7.90. The molecule has 1 rings (SSSR count). The molecule has 0 amide bonds. The Bertz CT molecular complexity index is 506. The van der Waals surface area contributed by atoms with Crippen molar-refractivity contribution in [1.82, 2.24) is 14.7 Å². The average Bonchev–Trinajstić information content (AvgIpc) is 2.74. The van der Waals surface area contributed by atoms with Gasteiger partial charge in [0.2, 0.25) is 0 Å². The largest absolute Gasteiger partial charge is 0.389 e. The zero-order chi connectivity index (χ0) is 14.7. The number of hydrogen-bond acceptors (Lipinski definition) is 4. The van der Waals surface area contributed by atoms with E-state index in [1.54, 1.807) is 6.92 Å². The summed E-state index contributed by atoms with van der Waals surface area (Å²) in [6, 6.07) is 0. The molecule has 0 aliphatic rings. The molecule has 0 saturated heterocycles. The van der Waals surface area contributed by atoms with E-state index in [0.29, 0.717) is 24.6 Å². The summed E-state index contributed by atoms with van der Waals surface area (Å²) in [5.74, 6) is 0.910.